The second-order valence-electron chi connectivity index (χ2n) is 3.26. The number of ether oxygens (including phenoxy) is 1. The van der Waals surface area contributed by atoms with Gasteiger partial charge in [-0.3, -0.25) is 9.78 Å². The number of halogens is 1. The summed E-state index contributed by atoms with van der Waals surface area (Å²) in [6.45, 7) is 2.40. The first-order chi connectivity index (χ1) is 7.29. The van der Waals surface area contributed by atoms with Gasteiger partial charge in [0.2, 0.25) is 0 Å². The Morgan fingerprint density at radius 2 is 2.20 bits per heavy atom. The minimum absolute atomic E-state index is 0.0728. The molecule has 1 amide bonds. The molecule has 0 aromatic carbocycles. The van der Waals surface area contributed by atoms with Crippen LogP contribution in [0, 0.1) is 0 Å². The molecule has 1 aliphatic rings. The number of rotatable bonds is 1. The summed E-state index contributed by atoms with van der Waals surface area (Å²) in [7, 11) is 0. The Bertz CT molecular complexity index is 364. The van der Waals surface area contributed by atoms with Gasteiger partial charge in [0.15, 0.2) is 0 Å². The van der Waals surface area contributed by atoms with Crippen LogP contribution in [0.1, 0.15) is 10.4 Å². The lowest BCUT2D eigenvalue weighted by atomic mass is 10.2. The average molecular weight is 227 g/mol. The number of hydrogen-bond donors (Lipinski definition) is 0. The van der Waals surface area contributed by atoms with Crippen molar-refractivity contribution < 1.29 is 9.53 Å². The molecule has 0 unspecified atom stereocenters. The van der Waals surface area contributed by atoms with Gasteiger partial charge in [0.25, 0.3) is 5.91 Å². The Morgan fingerprint density at radius 3 is 2.87 bits per heavy atom. The number of carbonyl (C=O) groups is 1. The van der Waals surface area contributed by atoms with E-state index < -0.39 is 0 Å². The van der Waals surface area contributed by atoms with E-state index in [0.717, 1.165) is 0 Å². The summed E-state index contributed by atoms with van der Waals surface area (Å²) in [4.78, 5) is 17.6. The maximum atomic E-state index is 12.0. The summed E-state index contributed by atoms with van der Waals surface area (Å²) in [6.07, 6.45) is 3.07. The second kappa shape index (κ2) is 4.59. The van der Waals surface area contributed by atoms with Gasteiger partial charge in [0.1, 0.15) is 0 Å². The SMILES string of the molecule is O=C(c1cnccc1Cl)N1CCOCC1. The summed E-state index contributed by atoms with van der Waals surface area (Å²) >= 11 is 5.92. The standard InChI is InChI=1S/C10H11ClN2O2/c11-9-1-2-12-7-8(9)10(14)13-3-5-15-6-4-13/h1-2,7H,3-6H2. The Labute approximate surface area is 92.8 Å². The van der Waals surface area contributed by atoms with E-state index in [1.54, 1.807) is 17.2 Å². The van der Waals surface area contributed by atoms with Gasteiger partial charge in [0, 0.05) is 25.5 Å². The molecule has 1 fully saturated rings. The molecule has 2 heterocycles. The van der Waals surface area contributed by atoms with Gasteiger partial charge < -0.3 is 9.64 Å². The highest BCUT2D eigenvalue weighted by molar-refractivity contribution is 6.33. The first-order valence-corrected chi connectivity index (χ1v) is 5.13. The lowest BCUT2D eigenvalue weighted by molar-refractivity contribution is 0.0302. The summed E-state index contributed by atoms with van der Waals surface area (Å²) in [5.74, 6) is -0.0728. The van der Waals surface area contributed by atoms with Gasteiger partial charge in [-0.2, -0.15) is 0 Å². The molecule has 5 heteroatoms. The zero-order chi connectivity index (χ0) is 10.7. The predicted molar refractivity (Wildman–Crippen MR) is 56.0 cm³/mol. The maximum absolute atomic E-state index is 12.0. The highest BCUT2D eigenvalue weighted by atomic mass is 35.5. The van der Waals surface area contributed by atoms with Crippen molar-refractivity contribution in [2.45, 2.75) is 0 Å². The topological polar surface area (TPSA) is 42.4 Å². The van der Waals surface area contributed by atoms with Gasteiger partial charge >= 0.3 is 0 Å². The van der Waals surface area contributed by atoms with Crippen LogP contribution in [0.3, 0.4) is 0 Å². The number of aromatic nitrogens is 1. The third-order valence-electron chi connectivity index (χ3n) is 2.30. The van der Waals surface area contributed by atoms with Crippen molar-refractivity contribution in [3.63, 3.8) is 0 Å². The molecule has 0 N–H and O–H groups in total. The van der Waals surface area contributed by atoms with E-state index in [4.69, 9.17) is 16.3 Å². The summed E-state index contributed by atoms with van der Waals surface area (Å²) in [6, 6.07) is 1.62. The lowest BCUT2D eigenvalue weighted by Crippen LogP contribution is -2.40. The fourth-order valence-electron chi connectivity index (χ4n) is 1.47. The van der Waals surface area contributed by atoms with Crippen molar-refractivity contribution in [2.24, 2.45) is 0 Å². The van der Waals surface area contributed by atoms with E-state index in [-0.39, 0.29) is 5.91 Å². The highest BCUT2D eigenvalue weighted by Crippen LogP contribution is 2.16. The van der Waals surface area contributed by atoms with Crippen molar-refractivity contribution >= 4 is 17.5 Å². The summed E-state index contributed by atoms with van der Waals surface area (Å²) in [5, 5.41) is 0.446. The number of nitrogens with zero attached hydrogens (tertiary/aromatic N) is 2. The fraction of sp³-hybridized carbons (Fsp3) is 0.400. The van der Waals surface area contributed by atoms with Gasteiger partial charge in [-0.1, -0.05) is 11.6 Å². The molecule has 1 aromatic heterocycles. The van der Waals surface area contributed by atoms with Gasteiger partial charge in [-0.25, -0.2) is 0 Å². The number of hydrogen-bond acceptors (Lipinski definition) is 3. The zero-order valence-electron chi connectivity index (χ0n) is 8.15. The Balaban J connectivity index is 2.16. The molecular weight excluding hydrogens is 216 g/mol. The quantitative estimate of drug-likeness (QED) is 0.723. The molecule has 1 aliphatic heterocycles. The third kappa shape index (κ3) is 2.27. The molecular formula is C10H11ClN2O2. The monoisotopic (exact) mass is 226 g/mol. The molecule has 15 heavy (non-hydrogen) atoms. The van der Waals surface area contributed by atoms with Crippen molar-refractivity contribution in [1.82, 2.24) is 9.88 Å². The van der Waals surface area contributed by atoms with Crippen LogP contribution in [-0.2, 0) is 4.74 Å². The third-order valence-corrected chi connectivity index (χ3v) is 2.63. The fourth-order valence-corrected chi connectivity index (χ4v) is 1.66. The van der Waals surface area contributed by atoms with Gasteiger partial charge in [-0.05, 0) is 6.07 Å². The van der Waals surface area contributed by atoms with Crippen LogP contribution in [0.4, 0.5) is 0 Å². The van der Waals surface area contributed by atoms with Crippen LogP contribution in [0.25, 0.3) is 0 Å². The minimum atomic E-state index is -0.0728. The maximum Gasteiger partial charge on any atom is 0.257 e. The van der Waals surface area contributed by atoms with E-state index in [1.807, 2.05) is 0 Å². The Hall–Kier alpha value is -1.13. The number of amides is 1. The van der Waals surface area contributed by atoms with Crippen molar-refractivity contribution in [3.05, 3.63) is 29.0 Å². The largest absolute Gasteiger partial charge is 0.378 e. The second-order valence-corrected chi connectivity index (χ2v) is 3.67. The average Bonchev–Trinajstić information content (AvgIpc) is 2.30. The Morgan fingerprint density at radius 1 is 1.47 bits per heavy atom. The molecule has 1 saturated heterocycles. The van der Waals surface area contributed by atoms with Gasteiger partial charge in [-0.15, -0.1) is 0 Å². The van der Waals surface area contributed by atoms with E-state index in [1.165, 1.54) is 6.20 Å². The smallest absolute Gasteiger partial charge is 0.257 e. The zero-order valence-corrected chi connectivity index (χ0v) is 8.91. The molecule has 1 aromatic rings. The number of morpholine rings is 1. The summed E-state index contributed by atoms with van der Waals surface area (Å²) in [5.41, 5.74) is 0.459. The molecule has 0 atom stereocenters. The van der Waals surface area contributed by atoms with Crippen molar-refractivity contribution in [2.75, 3.05) is 26.3 Å². The van der Waals surface area contributed by atoms with E-state index in [9.17, 15) is 4.79 Å². The van der Waals surface area contributed by atoms with E-state index in [0.29, 0.717) is 36.9 Å². The molecule has 0 saturated carbocycles. The molecule has 80 valence electrons. The molecule has 0 spiro atoms. The highest BCUT2D eigenvalue weighted by Gasteiger charge is 2.20. The van der Waals surface area contributed by atoms with Crippen LogP contribution in [0.2, 0.25) is 5.02 Å². The molecule has 0 bridgehead atoms. The normalized spacial score (nSPS) is 16.5. The van der Waals surface area contributed by atoms with Crippen LogP contribution in [0.15, 0.2) is 18.5 Å². The number of carbonyl (C=O) groups excluding carboxylic acids is 1. The van der Waals surface area contributed by atoms with Crippen molar-refractivity contribution in [3.8, 4) is 0 Å². The van der Waals surface area contributed by atoms with Crippen LogP contribution < -0.4 is 0 Å². The minimum Gasteiger partial charge on any atom is -0.378 e. The lowest BCUT2D eigenvalue weighted by Gasteiger charge is -2.26. The summed E-state index contributed by atoms with van der Waals surface area (Å²) < 4.78 is 5.17. The molecule has 0 radical (unpaired) electrons. The van der Waals surface area contributed by atoms with Crippen LogP contribution in [0.5, 0.6) is 0 Å². The molecule has 2 rings (SSSR count). The van der Waals surface area contributed by atoms with Crippen molar-refractivity contribution in [1.29, 1.82) is 0 Å². The van der Waals surface area contributed by atoms with Crippen LogP contribution >= 0.6 is 11.6 Å². The molecule has 0 aliphatic carbocycles. The predicted octanol–water partition coefficient (Wildman–Crippen LogP) is 1.21. The van der Waals surface area contributed by atoms with E-state index in [2.05, 4.69) is 4.98 Å². The number of pyridine rings is 1. The molecule has 4 nitrogen and oxygen atoms in total. The van der Waals surface area contributed by atoms with E-state index >= 15 is 0 Å². The first-order valence-electron chi connectivity index (χ1n) is 4.75. The van der Waals surface area contributed by atoms with Gasteiger partial charge in [0.05, 0.1) is 23.8 Å². The Kier molecular flexibility index (Phi) is 3.18. The van der Waals surface area contributed by atoms with Crippen LogP contribution in [-0.4, -0.2) is 42.1 Å². The first kappa shape index (κ1) is 10.4.